The summed E-state index contributed by atoms with van der Waals surface area (Å²) < 4.78 is 0. The molecule has 2 heterocycles. The minimum Gasteiger partial charge on any atom is -0.477 e. The number of hydrogen-bond donors (Lipinski definition) is 6. The number of aromatic carboxylic acids is 2. The molecule has 0 aliphatic rings. The molecule has 0 aliphatic heterocycles. The second kappa shape index (κ2) is 8.39. The maximum atomic E-state index is 10.5. The van der Waals surface area contributed by atoms with Crippen molar-refractivity contribution in [2.45, 2.75) is 0 Å². The number of rotatable bonds is 2. The minimum absolute atomic E-state index is 0. The molecule has 118 valence electrons. The summed E-state index contributed by atoms with van der Waals surface area (Å²) >= 11 is 0. The van der Waals surface area contributed by atoms with Gasteiger partial charge in [0, 0.05) is 31.6 Å². The third-order valence-corrected chi connectivity index (χ3v) is 1.98. The summed E-state index contributed by atoms with van der Waals surface area (Å²) in [7, 11) is 0. The van der Waals surface area contributed by atoms with Crippen LogP contribution in [0.2, 0.25) is 0 Å². The van der Waals surface area contributed by atoms with E-state index in [1.165, 1.54) is 0 Å². The van der Waals surface area contributed by atoms with Gasteiger partial charge in [0.05, 0.1) is 0 Å². The van der Waals surface area contributed by atoms with E-state index in [1.54, 1.807) is 0 Å². The molecule has 2 aromatic rings. The molecule has 0 spiro atoms. The predicted molar refractivity (Wildman–Crippen MR) is 69.3 cm³/mol. The zero-order valence-electron chi connectivity index (χ0n) is 11.2. The largest absolute Gasteiger partial charge is 0.477 e. The normalized spacial score (nSPS) is 9.04. The van der Waals surface area contributed by atoms with Gasteiger partial charge in [-0.25, -0.2) is 19.2 Å². The second-order valence-corrected chi connectivity index (χ2v) is 3.61. The van der Waals surface area contributed by atoms with Gasteiger partial charge in [-0.05, 0) is 0 Å². The summed E-state index contributed by atoms with van der Waals surface area (Å²) in [6, 6.07) is 1.59. The van der Waals surface area contributed by atoms with Crippen molar-refractivity contribution in [1.82, 2.24) is 19.9 Å². The number of hydrogen-bond acceptors (Lipinski definition) is 6. The number of aromatic amines is 4. The van der Waals surface area contributed by atoms with Crippen molar-refractivity contribution in [3.63, 3.8) is 0 Å². The van der Waals surface area contributed by atoms with Gasteiger partial charge in [0.25, 0.3) is 11.1 Å². The molecule has 0 fully saturated rings. The fourth-order valence-corrected chi connectivity index (χ4v) is 1.17. The summed E-state index contributed by atoms with van der Waals surface area (Å²) in [5.74, 6) is -2.68. The van der Waals surface area contributed by atoms with E-state index in [0.29, 0.717) is 0 Å². The second-order valence-electron chi connectivity index (χ2n) is 3.61. The van der Waals surface area contributed by atoms with Crippen molar-refractivity contribution in [3.8, 4) is 0 Å². The molecule has 0 radical (unpaired) electrons. The van der Waals surface area contributed by atoms with Crippen LogP contribution < -0.4 is 22.5 Å². The van der Waals surface area contributed by atoms with Gasteiger partial charge in [0.2, 0.25) is 0 Å². The Bertz CT molecular complexity index is 803. The van der Waals surface area contributed by atoms with E-state index >= 15 is 0 Å². The summed E-state index contributed by atoms with van der Waals surface area (Å²) in [6.07, 6.45) is 0. The van der Waals surface area contributed by atoms with Crippen LogP contribution in [-0.2, 0) is 19.5 Å². The van der Waals surface area contributed by atoms with Gasteiger partial charge in [-0.2, -0.15) is 0 Å². The minimum atomic E-state index is -1.34. The molecule has 0 amide bonds. The standard InChI is InChI=1S/2C5H4N2O4.Zn/c2*8-3-1-2(4(9)10)6-5(11)7-3;/h2*1H,(H,9,10)(H2,6,7,8,11);. The van der Waals surface area contributed by atoms with Gasteiger partial charge in [-0.3, -0.25) is 19.6 Å². The monoisotopic (exact) mass is 376 g/mol. The quantitative estimate of drug-likeness (QED) is 0.308. The Morgan fingerprint density at radius 3 is 1.22 bits per heavy atom. The van der Waals surface area contributed by atoms with E-state index in [2.05, 4.69) is 0 Å². The summed E-state index contributed by atoms with van der Waals surface area (Å²) in [4.78, 5) is 69.7. The van der Waals surface area contributed by atoms with Crippen LogP contribution in [-0.4, -0.2) is 42.1 Å². The Kier molecular flexibility index (Phi) is 7.26. The SMILES string of the molecule is O=C(O)c1cc(=O)[nH]c(=O)[nH]1.O=C(O)c1cc(=O)[nH]c(=O)[nH]1.[Zn]. The number of carboxylic acids is 2. The first-order valence-electron chi connectivity index (χ1n) is 5.33. The molecule has 0 saturated heterocycles. The van der Waals surface area contributed by atoms with Crippen molar-refractivity contribution in [1.29, 1.82) is 0 Å². The van der Waals surface area contributed by atoms with Crippen LogP contribution in [0.15, 0.2) is 31.3 Å². The Hall–Kier alpha value is -3.08. The van der Waals surface area contributed by atoms with Crippen LogP contribution in [0.1, 0.15) is 21.0 Å². The van der Waals surface area contributed by atoms with Gasteiger partial charge in [-0.1, -0.05) is 0 Å². The fraction of sp³-hybridized carbons (Fsp3) is 0. The smallest absolute Gasteiger partial charge is 0.352 e. The number of aromatic nitrogens is 4. The van der Waals surface area contributed by atoms with Crippen molar-refractivity contribution < 1.29 is 39.3 Å². The Balaban J connectivity index is 0.000000403. The van der Waals surface area contributed by atoms with Crippen LogP contribution >= 0.6 is 0 Å². The first-order chi connectivity index (χ1) is 10.2. The molecule has 23 heavy (non-hydrogen) atoms. The topological polar surface area (TPSA) is 206 Å². The van der Waals surface area contributed by atoms with E-state index in [9.17, 15) is 28.8 Å². The van der Waals surface area contributed by atoms with Crippen LogP contribution in [0.4, 0.5) is 0 Å². The number of carboxylic acid groups (broad SMARTS) is 2. The first-order valence-corrected chi connectivity index (χ1v) is 5.33. The Morgan fingerprint density at radius 2 is 1.00 bits per heavy atom. The van der Waals surface area contributed by atoms with Crippen molar-refractivity contribution in [2.75, 3.05) is 0 Å². The molecule has 0 unspecified atom stereocenters. The molecule has 13 heteroatoms. The maximum Gasteiger partial charge on any atom is 0.352 e. The molecule has 6 N–H and O–H groups in total. The van der Waals surface area contributed by atoms with Crippen LogP contribution in [0.25, 0.3) is 0 Å². The first kappa shape index (κ1) is 19.9. The zero-order chi connectivity index (χ0) is 16.9. The molecule has 0 aliphatic carbocycles. The van der Waals surface area contributed by atoms with Gasteiger partial charge >= 0.3 is 23.3 Å². The van der Waals surface area contributed by atoms with Crippen molar-refractivity contribution in [2.24, 2.45) is 0 Å². The van der Waals surface area contributed by atoms with Crippen LogP contribution in [0.5, 0.6) is 0 Å². The summed E-state index contributed by atoms with van der Waals surface area (Å²) in [5.41, 5.74) is -3.94. The third-order valence-electron chi connectivity index (χ3n) is 1.98. The predicted octanol–water partition coefficient (Wildman–Crippen LogP) is -2.48. The van der Waals surface area contributed by atoms with Crippen LogP contribution in [0, 0.1) is 0 Å². The fourth-order valence-electron chi connectivity index (χ4n) is 1.17. The number of nitrogens with one attached hydrogen (secondary N) is 4. The molecule has 12 nitrogen and oxygen atoms in total. The van der Waals surface area contributed by atoms with Gasteiger partial charge in [0.15, 0.2) is 0 Å². The average molecular weight is 378 g/mol. The van der Waals surface area contributed by atoms with Crippen molar-refractivity contribution in [3.05, 3.63) is 65.2 Å². The zero-order valence-corrected chi connectivity index (χ0v) is 14.2. The average Bonchev–Trinajstić information content (AvgIpc) is 2.37. The van der Waals surface area contributed by atoms with Crippen LogP contribution in [0.3, 0.4) is 0 Å². The van der Waals surface area contributed by atoms with E-state index in [0.717, 1.165) is 12.1 Å². The summed E-state index contributed by atoms with van der Waals surface area (Å²) in [6.45, 7) is 0. The van der Waals surface area contributed by atoms with Crippen molar-refractivity contribution >= 4 is 11.9 Å². The molecular weight excluding hydrogens is 370 g/mol. The molecule has 0 bridgehead atoms. The van der Waals surface area contributed by atoms with E-state index in [4.69, 9.17) is 10.2 Å². The third kappa shape index (κ3) is 6.48. The van der Waals surface area contributed by atoms with E-state index in [1.807, 2.05) is 19.9 Å². The number of H-pyrrole nitrogens is 4. The maximum absolute atomic E-state index is 10.5. The molecule has 2 rings (SSSR count). The van der Waals surface area contributed by atoms with E-state index in [-0.39, 0.29) is 19.5 Å². The molecular formula is C10H8N4O8Zn. The van der Waals surface area contributed by atoms with E-state index < -0.39 is 45.8 Å². The van der Waals surface area contributed by atoms with Gasteiger partial charge in [0.1, 0.15) is 11.4 Å². The van der Waals surface area contributed by atoms with Gasteiger partial charge < -0.3 is 20.2 Å². The molecule has 0 atom stereocenters. The number of carbonyl (C=O) groups is 2. The van der Waals surface area contributed by atoms with Gasteiger partial charge in [-0.15, -0.1) is 0 Å². The molecule has 0 aromatic carbocycles. The Morgan fingerprint density at radius 1 is 0.696 bits per heavy atom. The molecule has 0 saturated carbocycles. The molecule has 2 aromatic heterocycles. The summed E-state index contributed by atoms with van der Waals surface area (Å²) in [5, 5.41) is 16.6. The Labute approximate surface area is 137 Å².